The molecule has 2 N–H and O–H groups in total. The summed E-state index contributed by atoms with van der Waals surface area (Å²) < 4.78 is 1.02. The molecule has 0 unspecified atom stereocenters. The van der Waals surface area contributed by atoms with Crippen LogP contribution in [-0.2, 0) is 11.2 Å². The zero-order valence-electron chi connectivity index (χ0n) is 10.8. The largest absolute Gasteiger partial charge is 0.317 e. The molecule has 0 aliphatic heterocycles. The Bertz CT molecular complexity index is 589. The van der Waals surface area contributed by atoms with Crippen molar-refractivity contribution in [1.82, 2.24) is 10.3 Å². The lowest BCUT2D eigenvalue weighted by Crippen LogP contribution is -2.35. The van der Waals surface area contributed by atoms with Crippen molar-refractivity contribution in [3.63, 3.8) is 0 Å². The molecule has 7 heteroatoms. The Labute approximate surface area is 146 Å². The van der Waals surface area contributed by atoms with Crippen LogP contribution < -0.4 is 10.6 Å². The molecule has 0 saturated heterocycles. The van der Waals surface area contributed by atoms with Crippen LogP contribution in [0, 0.1) is 3.57 Å². The third-order valence-electron chi connectivity index (χ3n) is 2.50. The fourth-order valence-electron chi connectivity index (χ4n) is 1.56. The average Bonchev–Trinajstić information content (AvgIpc) is 2.44. The van der Waals surface area contributed by atoms with Crippen molar-refractivity contribution in [1.29, 1.82) is 0 Å². The Morgan fingerprint density at radius 3 is 2.57 bits per heavy atom. The molecule has 21 heavy (non-hydrogen) atoms. The predicted octanol–water partition coefficient (Wildman–Crippen LogP) is 3.40. The van der Waals surface area contributed by atoms with E-state index >= 15 is 0 Å². The van der Waals surface area contributed by atoms with Crippen molar-refractivity contribution in [2.45, 2.75) is 6.42 Å². The summed E-state index contributed by atoms with van der Waals surface area (Å²) >= 11 is 13.0. The molecule has 0 saturated carbocycles. The van der Waals surface area contributed by atoms with Crippen LogP contribution in [-0.4, -0.2) is 16.0 Å². The summed E-state index contributed by atoms with van der Waals surface area (Å²) in [5.74, 6) is 0.396. The number of nitrogens with zero attached hydrogens (tertiary/aromatic N) is 1. The van der Waals surface area contributed by atoms with E-state index in [9.17, 15) is 4.79 Å². The van der Waals surface area contributed by atoms with Crippen molar-refractivity contribution in [2.75, 3.05) is 5.32 Å². The molecule has 1 aromatic carbocycles. The predicted molar refractivity (Wildman–Crippen MR) is 96.5 cm³/mol. The Balaban J connectivity index is 1.85. The lowest BCUT2D eigenvalue weighted by Gasteiger charge is -2.09. The van der Waals surface area contributed by atoms with Crippen molar-refractivity contribution in [2.24, 2.45) is 0 Å². The minimum Gasteiger partial charge on any atom is -0.317 e. The topological polar surface area (TPSA) is 54.0 Å². The Morgan fingerprint density at radius 1 is 1.24 bits per heavy atom. The first-order valence-electron chi connectivity index (χ1n) is 6.00. The fraction of sp³-hybridized carbons (Fsp3) is 0.0714. The summed E-state index contributed by atoms with van der Waals surface area (Å²) in [6.45, 7) is 0. The summed E-state index contributed by atoms with van der Waals surface area (Å²) in [5.41, 5.74) is 0.868. The summed E-state index contributed by atoms with van der Waals surface area (Å²) in [6, 6.07) is 10.8. The third kappa shape index (κ3) is 5.56. The van der Waals surface area contributed by atoms with Gasteiger partial charge < -0.3 is 10.6 Å². The van der Waals surface area contributed by atoms with Gasteiger partial charge in [0.1, 0.15) is 5.82 Å². The van der Waals surface area contributed by atoms with Crippen LogP contribution in [0.25, 0.3) is 0 Å². The molecule has 0 atom stereocenters. The maximum absolute atomic E-state index is 11.9. The number of amides is 1. The number of hydrogen-bond donors (Lipinski definition) is 2. The Morgan fingerprint density at radius 2 is 1.95 bits per heavy atom. The van der Waals surface area contributed by atoms with Gasteiger partial charge in [0.2, 0.25) is 5.91 Å². The van der Waals surface area contributed by atoms with Crippen LogP contribution >= 0.6 is 46.4 Å². The third-order valence-corrected chi connectivity index (χ3v) is 3.59. The number of rotatable bonds is 3. The van der Waals surface area contributed by atoms with Gasteiger partial charge in [-0.15, -0.1) is 0 Å². The number of nitrogens with one attached hydrogen (secondary N) is 2. The Kier molecular flexibility index (Phi) is 5.89. The van der Waals surface area contributed by atoms with E-state index in [0.717, 1.165) is 9.13 Å². The monoisotopic (exact) mass is 431 g/mol. The molecule has 2 aromatic rings. The number of hydrogen-bond acceptors (Lipinski definition) is 3. The smallest absolute Gasteiger partial charge is 0.230 e. The molecule has 4 nitrogen and oxygen atoms in total. The highest BCUT2D eigenvalue weighted by Crippen LogP contribution is 2.10. The molecule has 0 aliphatic rings. The number of halogens is 2. The van der Waals surface area contributed by atoms with Gasteiger partial charge in [-0.3, -0.25) is 4.79 Å². The molecule has 1 aromatic heterocycles. The molecule has 0 bridgehead atoms. The molecule has 0 fully saturated rings. The second-order valence-electron chi connectivity index (χ2n) is 4.17. The number of carbonyl (C=O) groups excluding carboxylic acids is 1. The standard InChI is InChI=1S/C14H11ClIN3OS/c15-10-3-1-9(2-4-10)7-13(20)19-14(21)18-12-6-5-11(16)8-17-12/h1-6,8H,7H2,(H2,17,18,19,20,21). The molecular weight excluding hydrogens is 421 g/mol. The lowest BCUT2D eigenvalue weighted by atomic mass is 10.1. The van der Waals surface area contributed by atoms with Gasteiger partial charge in [0.15, 0.2) is 5.11 Å². The van der Waals surface area contributed by atoms with E-state index in [2.05, 4.69) is 38.2 Å². The van der Waals surface area contributed by atoms with Crippen LogP contribution in [0.5, 0.6) is 0 Å². The lowest BCUT2D eigenvalue weighted by molar-refractivity contribution is -0.119. The van der Waals surface area contributed by atoms with Gasteiger partial charge in [-0.05, 0) is 64.6 Å². The summed E-state index contributed by atoms with van der Waals surface area (Å²) in [6.07, 6.45) is 1.94. The highest BCUT2D eigenvalue weighted by molar-refractivity contribution is 14.1. The maximum atomic E-state index is 11.9. The van der Waals surface area contributed by atoms with Crippen molar-refractivity contribution in [3.05, 3.63) is 56.8 Å². The van der Waals surface area contributed by atoms with Crippen molar-refractivity contribution >= 4 is 63.2 Å². The molecular formula is C14H11ClIN3OS. The van der Waals surface area contributed by atoms with Crippen LogP contribution in [0.4, 0.5) is 5.82 Å². The van der Waals surface area contributed by atoms with Gasteiger partial charge in [0, 0.05) is 14.8 Å². The van der Waals surface area contributed by atoms with Crippen molar-refractivity contribution < 1.29 is 4.79 Å². The summed E-state index contributed by atoms with van der Waals surface area (Å²) in [5, 5.41) is 6.34. The quantitative estimate of drug-likeness (QED) is 0.578. The first-order valence-corrected chi connectivity index (χ1v) is 7.86. The van der Waals surface area contributed by atoms with Gasteiger partial charge in [0.05, 0.1) is 6.42 Å². The fourth-order valence-corrected chi connectivity index (χ4v) is 2.22. The number of aromatic nitrogens is 1. The first-order chi connectivity index (χ1) is 10.0. The highest BCUT2D eigenvalue weighted by atomic mass is 127. The Hall–Kier alpha value is -1.25. The molecule has 1 heterocycles. The van der Waals surface area contributed by atoms with E-state index in [1.54, 1.807) is 36.5 Å². The zero-order chi connectivity index (χ0) is 15.2. The van der Waals surface area contributed by atoms with E-state index in [0.29, 0.717) is 10.8 Å². The van der Waals surface area contributed by atoms with Crippen LogP contribution in [0.1, 0.15) is 5.56 Å². The second kappa shape index (κ2) is 7.67. The van der Waals surface area contributed by atoms with E-state index in [-0.39, 0.29) is 17.4 Å². The van der Waals surface area contributed by atoms with Gasteiger partial charge >= 0.3 is 0 Å². The van der Waals surface area contributed by atoms with E-state index < -0.39 is 0 Å². The number of anilines is 1. The van der Waals surface area contributed by atoms with E-state index in [1.807, 2.05) is 6.07 Å². The highest BCUT2D eigenvalue weighted by Gasteiger charge is 2.06. The van der Waals surface area contributed by atoms with E-state index in [1.165, 1.54) is 0 Å². The average molecular weight is 432 g/mol. The summed E-state index contributed by atoms with van der Waals surface area (Å²) in [4.78, 5) is 16.0. The summed E-state index contributed by atoms with van der Waals surface area (Å²) in [7, 11) is 0. The number of pyridine rings is 1. The molecule has 0 radical (unpaired) electrons. The molecule has 108 valence electrons. The van der Waals surface area contributed by atoms with Crippen molar-refractivity contribution in [3.8, 4) is 0 Å². The molecule has 0 aliphatic carbocycles. The minimum absolute atomic E-state index is 0.194. The number of benzene rings is 1. The molecule has 0 spiro atoms. The minimum atomic E-state index is -0.194. The maximum Gasteiger partial charge on any atom is 0.230 e. The molecule has 2 rings (SSSR count). The normalized spacial score (nSPS) is 10.0. The van der Waals surface area contributed by atoms with Crippen LogP contribution in [0.15, 0.2) is 42.6 Å². The van der Waals surface area contributed by atoms with Crippen LogP contribution in [0.2, 0.25) is 5.02 Å². The number of carbonyl (C=O) groups is 1. The van der Waals surface area contributed by atoms with Gasteiger partial charge in [-0.1, -0.05) is 23.7 Å². The van der Waals surface area contributed by atoms with Gasteiger partial charge in [-0.2, -0.15) is 0 Å². The van der Waals surface area contributed by atoms with Crippen LogP contribution in [0.3, 0.4) is 0 Å². The zero-order valence-corrected chi connectivity index (χ0v) is 14.5. The number of thiocarbonyl (C=S) groups is 1. The molecule has 1 amide bonds. The first kappa shape index (κ1) is 16.1. The van der Waals surface area contributed by atoms with E-state index in [4.69, 9.17) is 23.8 Å². The second-order valence-corrected chi connectivity index (χ2v) is 6.26. The van der Waals surface area contributed by atoms with Gasteiger partial charge in [-0.25, -0.2) is 4.98 Å². The SMILES string of the molecule is O=C(Cc1ccc(Cl)cc1)NC(=S)Nc1ccc(I)cn1. The van der Waals surface area contributed by atoms with Gasteiger partial charge in [0.25, 0.3) is 0 Å².